The van der Waals surface area contributed by atoms with Crippen molar-refractivity contribution in [2.24, 2.45) is 0 Å². The number of likely N-dealkylation sites (N-methyl/N-ethyl adjacent to an activating group) is 1. The van der Waals surface area contributed by atoms with Crippen LogP contribution in [0.5, 0.6) is 0 Å². The van der Waals surface area contributed by atoms with Crippen LogP contribution in [-0.4, -0.2) is 37.1 Å². The number of aryl methyl sites for hydroxylation is 1. The van der Waals surface area contributed by atoms with Crippen molar-refractivity contribution < 1.29 is 4.39 Å². The molecule has 2 nitrogen and oxygen atoms in total. The summed E-state index contributed by atoms with van der Waals surface area (Å²) in [6.45, 7) is 3.86. The normalized spacial score (nSPS) is 29.1. The molecule has 0 aliphatic carbocycles. The minimum Gasteiger partial charge on any atom is -0.366 e. The summed E-state index contributed by atoms with van der Waals surface area (Å²) in [5, 5.41) is 0. The molecule has 2 bridgehead atoms. The summed E-state index contributed by atoms with van der Waals surface area (Å²) in [5.41, 5.74) is 1.76. The standard InChI is InChI=1S/C13H17FN2/c1-9-3-4-13(12(14)5-9)16-7-10-6-11(8-16)15(10)2/h3-5,10-11H,6-8H2,1-2H3. The number of fused-ring (bicyclic) bond motifs is 2. The van der Waals surface area contributed by atoms with Crippen LogP contribution in [0.15, 0.2) is 18.2 Å². The van der Waals surface area contributed by atoms with Crippen LogP contribution in [-0.2, 0) is 0 Å². The van der Waals surface area contributed by atoms with Gasteiger partial charge in [0.05, 0.1) is 5.69 Å². The highest BCUT2D eigenvalue weighted by molar-refractivity contribution is 5.50. The lowest BCUT2D eigenvalue weighted by atomic mass is 9.88. The Morgan fingerprint density at radius 1 is 1.25 bits per heavy atom. The molecular formula is C13H17FN2. The van der Waals surface area contributed by atoms with Crippen molar-refractivity contribution in [2.75, 3.05) is 25.0 Å². The van der Waals surface area contributed by atoms with Gasteiger partial charge in [0.2, 0.25) is 0 Å². The van der Waals surface area contributed by atoms with Gasteiger partial charge in [-0.1, -0.05) is 6.07 Å². The molecule has 3 heterocycles. The third-order valence-electron chi connectivity index (χ3n) is 4.00. The lowest BCUT2D eigenvalue weighted by Gasteiger charge is -2.55. The first-order valence-corrected chi connectivity index (χ1v) is 5.88. The van der Waals surface area contributed by atoms with Crippen molar-refractivity contribution in [1.29, 1.82) is 0 Å². The van der Waals surface area contributed by atoms with Gasteiger partial charge >= 0.3 is 0 Å². The first kappa shape index (κ1) is 10.1. The van der Waals surface area contributed by atoms with E-state index < -0.39 is 0 Å². The molecule has 4 rings (SSSR count). The van der Waals surface area contributed by atoms with Crippen molar-refractivity contribution >= 4 is 5.69 Å². The predicted molar refractivity (Wildman–Crippen MR) is 63.3 cm³/mol. The van der Waals surface area contributed by atoms with E-state index in [1.165, 1.54) is 6.42 Å². The van der Waals surface area contributed by atoms with Crippen molar-refractivity contribution in [3.8, 4) is 0 Å². The molecule has 0 radical (unpaired) electrons. The fourth-order valence-corrected chi connectivity index (χ4v) is 2.86. The van der Waals surface area contributed by atoms with Gasteiger partial charge in [0, 0.05) is 25.2 Å². The molecule has 1 aromatic rings. The van der Waals surface area contributed by atoms with E-state index in [2.05, 4.69) is 16.8 Å². The number of piperidine rings is 1. The van der Waals surface area contributed by atoms with Crippen LogP contribution in [0.1, 0.15) is 12.0 Å². The Morgan fingerprint density at radius 3 is 2.50 bits per heavy atom. The number of anilines is 1. The molecule has 2 atom stereocenters. The highest BCUT2D eigenvalue weighted by atomic mass is 19.1. The summed E-state index contributed by atoms with van der Waals surface area (Å²) in [5.74, 6) is -0.0797. The van der Waals surface area contributed by atoms with E-state index in [0.29, 0.717) is 12.1 Å². The molecule has 0 amide bonds. The molecule has 0 aromatic heterocycles. The highest BCUT2D eigenvalue weighted by Crippen LogP contribution is 2.34. The number of hydrogen-bond donors (Lipinski definition) is 0. The van der Waals surface area contributed by atoms with E-state index in [0.717, 1.165) is 24.3 Å². The monoisotopic (exact) mass is 220 g/mol. The van der Waals surface area contributed by atoms with Crippen LogP contribution in [0, 0.1) is 12.7 Å². The average molecular weight is 220 g/mol. The number of rotatable bonds is 1. The van der Waals surface area contributed by atoms with Crippen molar-refractivity contribution in [3.05, 3.63) is 29.6 Å². The number of nitrogens with zero attached hydrogens (tertiary/aromatic N) is 2. The fourth-order valence-electron chi connectivity index (χ4n) is 2.86. The van der Waals surface area contributed by atoms with Crippen LogP contribution in [0.3, 0.4) is 0 Å². The van der Waals surface area contributed by atoms with E-state index in [-0.39, 0.29) is 5.82 Å². The molecule has 0 saturated carbocycles. The predicted octanol–water partition coefficient (Wildman–Crippen LogP) is 2.03. The Hall–Kier alpha value is -1.09. The van der Waals surface area contributed by atoms with E-state index in [1.54, 1.807) is 6.07 Å². The largest absolute Gasteiger partial charge is 0.366 e. The lowest BCUT2D eigenvalue weighted by Crippen LogP contribution is -2.67. The smallest absolute Gasteiger partial charge is 0.146 e. The Kier molecular flexibility index (Phi) is 2.18. The minimum absolute atomic E-state index is 0.0797. The summed E-state index contributed by atoms with van der Waals surface area (Å²) in [6, 6.07) is 6.77. The highest BCUT2D eigenvalue weighted by Gasteiger charge is 2.42. The third-order valence-corrected chi connectivity index (χ3v) is 4.00. The van der Waals surface area contributed by atoms with Gasteiger partial charge in [0.25, 0.3) is 0 Å². The molecule has 3 aliphatic heterocycles. The van der Waals surface area contributed by atoms with E-state index >= 15 is 0 Å². The van der Waals surface area contributed by atoms with Crippen molar-refractivity contribution in [2.45, 2.75) is 25.4 Å². The molecule has 3 saturated heterocycles. The second-order valence-corrected chi connectivity index (χ2v) is 5.07. The maximum atomic E-state index is 13.8. The van der Waals surface area contributed by atoms with Gasteiger partial charge in [-0.2, -0.15) is 0 Å². The fraction of sp³-hybridized carbons (Fsp3) is 0.538. The zero-order valence-corrected chi connectivity index (χ0v) is 9.78. The maximum absolute atomic E-state index is 13.8. The summed E-state index contributed by atoms with van der Waals surface area (Å²) < 4.78 is 13.8. The number of benzene rings is 1. The Bertz CT molecular complexity index is 406. The topological polar surface area (TPSA) is 6.48 Å². The van der Waals surface area contributed by atoms with E-state index in [1.807, 2.05) is 19.1 Å². The lowest BCUT2D eigenvalue weighted by molar-refractivity contribution is 0.0261. The van der Waals surface area contributed by atoms with E-state index in [4.69, 9.17) is 0 Å². The van der Waals surface area contributed by atoms with Crippen LogP contribution in [0.4, 0.5) is 10.1 Å². The molecule has 1 aromatic carbocycles. The van der Waals surface area contributed by atoms with Gasteiger partial charge in [-0.05, 0) is 38.1 Å². The second kappa shape index (κ2) is 3.45. The van der Waals surface area contributed by atoms with Gasteiger partial charge in [0.15, 0.2) is 0 Å². The van der Waals surface area contributed by atoms with Gasteiger partial charge in [-0.15, -0.1) is 0 Å². The van der Waals surface area contributed by atoms with Crippen LogP contribution < -0.4 is 4.90 Å². The van der Waals surface area contributed by atoms with Gasteiger partial charge < -0.3 is 4.90 Å². The van der Waals surface area contributed by atoms with Crippen LogP contribution >= 0.6 is 0 Å². The summed E-state index contributed by atoms with van der Waals surface area (Å²) in [7, 11) is 2.17. The molecule has 3 fully saturated rings. The molecular weight excluding hydrogens is 203 g/mol. The SMILES string of the molecule is Cc1ccc(N2CC3CC(C2)N3C)c(F)c1. The molecule has 0 spiro atoms. The molecule has 3 heteroatoms. The molecule has 2 unspecified atom stereocenters. The van der Waals surface area contributed by atoms with E-state index in [9.17, 15) is 4.39 Å². The summed E-state index contributed by atoms with van der Waals surface area (Å²) in [6.07, 6.45) is 1.28. The average Bonchev–Trinajstić information content (AvgIpc) is 2.28. The van der Waals surface area contributed by atoms with Gasteiger partial charge in [0.1, 0.15) is 5.82 Å². The summed E-state index contributed by atoms with van der Waals surface area (Å²) in [4.78, 5) is 4.59. The zero-order chi connectivity index (χ0) is 11.3. The Labute approximate surface area is 95.7 Å². The van der Waals surface area contributed by atoms with Crippen molar-refractivity contribution in [3.63, 3.8) is 0 Å². The zero-order valence-electron chi connectivity index (χ0n) is 9.78. The quantitative estimate of drug-likeness (QED) is 0.714. The van der Waals surface area contributed by atoms with Gasteiger partial charge in [-0.25, -0.2) is 4.39 Å². The Morgan fingerprint density at radius 2 is 1.94 bits per heavy atom. The molecule has 3 aliphatic rings. The molecule has 0 N–H and O–H groups in total. The Balaban J connectivity index is 1.83. The number of halogens is 1. The van der Waals surface area contributed by atoms with Crippen LogP contribution in [0.2, 0.25) is 0 Å². The number of piperazine rings is 1. The summed E-state index contributed by atoms with van der Waals surface area (Å²) >= 11 is 0. The molecule has 16 heavy (non-hydrogen) atoms. The first-order valence-electron chi connectivity index (χ1n) is 5.88. The maximum Gasteiger partial charge on any atom is 0.146 e. The molecule has 86 valence electrons. The minimum atomic E-state index is -0.0797. The van der Waals surface area contributed by atoms with Gasteiger partial charge in [-0.3, -0.25) is 4.90 Å². The first-order chi connectivity index (χ1) is 7.65. The van der Waals surface area contributed by atoms with Crippen molar-refractivity contribution in [1.82, 2.24) is 4.90 Å². The second-order valence-electron chi connectivity index (χ2n) is 5.07. The number of hydrogen-bond acceptors (Lipinski definition) is 2. The third kappa shape index (κ3) is 1.42. The van der Waals surface area contributed by atoms with Crippen LogP contribution in [0.25, 0.3) is 0 Å².